The monoisotopic (exact) mass is 333 g/mol. The van der Waals surface area contributed by atoms with Crippen molar-refractivity contribution in [3.8, 4) is 5.75 Å². The van der Waals surface area contributed by atoms with Crippen molar-refractivity contribution in [2.45, 2.75) is 11.0 Å². The number of hydrogen-bond donors (Lipinski definition) is 0. The van der Waals surface area contributed by atoms with Crippen LogP contribution in [0, 0.1) is 0 Å². The molecule has 3 rings (SSSR count). The average Bonchev–Trinajstić information content (AvgIpc) is 3.31. The molecule has 1 aromatic carbocycles. The molecule has 2 fully saturated rings. The highest BCUT2D eigenvalue weighted by molar-refractivity contribution is 7.89. The fourth-order valence-corrected chi connectivity index (χ4v) is 3.78. The zero-order valence-electron chi connectivity index (χ0n) is 11.3. The third kappa shape index (κ3) is 3.49. The SMILES string of the molecule is O=S(=O)(c1ccc(OC[C@@H]2CO2)c(Cl)c1)N1CCOCC1. The highest BCUT2D eigenvalue weighted by Gasteiger charge is 2.27. The maximum Gasteiger partial charge on any atom is 0.243 e. The molecule has 0 bridgehead atoms. The van der Waals surface area contributed by atoms with Gasteiger partial charge in [-0.15, -0.1) is 0 Å². The Kier molecular flexibility index (Phi) is 4.37. The van der Waals surface area contributed by atoms with Gasteiger partial charge in [-0.1, -0.05) is 11.6 Å². The van der Waals surface area contributed by atoms with Crippen LogP contribution < -0.4 is 4.74 Å². The molecule has 8 heteroatoms. The number of hydrogen-bond acceptors (Lipinski definition) is 5. The Labute approximate surface area is 128 Å². The van der Waals surface area contributed by atoms with E-state index in [1.54, 1.807) is 6.07 Å². The van der Waals surface area contributed by atoms with Gasteiger partial charge >= 0.3 is 0 Å². The van der Waals surface area contributed by atoms with Gasteiger partial charge in [-0.25, -0.2) is 8.42 Å². The molecular weight excluding hydrogens is 318 g/mol. The normalized spacial score (nSPS) is 23.0. The van der Waals surface area contributed by atoms with E-state index < -0.39 is 10.0 Å². The van der Waals surface area contributed by atoms with Crippen molar-refractivity contribution in [2.24, 2.45) is 0 Å². The van der Waals surface area contributed by atoms with Crippen molar-refractivity contribution in [2.75, 3.05) is 39.5 Å². The topological polar surface area (TPSA) is 68.4 Å². The summed E-state index contributed by atoms with van der Waals surface area (Å²) in [6.07, 6.45) is 0.123. The van der Waals surface area contributed by atoms with Crippen LogP contribution in [-0.2, 0) is 19.5 Å². The zero-order valence-corrected chi connectivity index (χ0v) is 12.9. The maximum absolute atomic E-state index is 12.5. The van der Waals surface area contributed by atoms with Gasteiger partial charge in [-0.05, 0) is 18.2 Å². The Bertz CT molecular complexity index is 611. The molecule has 116 valence electrons. The summed E-state index contributed by atoms with van der Waals surface area (Å²) in [4.78, 5) is 0.171. The molecule has 0 aliphatic carbocycles. The molecule has 0 spiro atoms. The van der Waals surface area contributed by atoms with E-state index in [9.17, 15) is 8.42 Å². The van der Waals surface area contributed by atoms with Gasteiger partial charge in [0, 0.05) is 13.1 Å². The lowest BCUT2D eigenvalue weighted by molar-refractivity contribution is 0.0730. The minimum Gasteiger partial charge on any atom is -0.489 e. The molecule has 0 saturated carbocycles. The molecule has 0 unspecified atom stereocenters. The van der Waals surface area contributed by atoms with Crippen molar-refractivity contribution < 1.29 is 22.6 Å². The van der Waals surface area contributed by atoms with E-state index in [0.717, 1.165) is 0 Å². The Balaban J connectivity index is 1.76. The molecule has 21 heavy (non-hydrogen) atoms. The number of halogens is 1. The van der Waals surface area contributed by atoms with Gasteiger partial charge in [0.2, 0.25) is 10.0 Å². The minimum absolute atomic E-state index is 0.123. The number of benzene rings is 1. The van der Waals surface area contributed by atoms with Gasteiger partial charge < -0.3 is 14.2 Å². The molecule has 0 radical (unpaired) electrons. The summed E-state index contributed by atoms with van der Waals surface area (Å²) >= 11 is 6.10. The van der Waals surface area contributed by atoms with Crippen LogP contribution in [0.25, 0.3) is 0 Å². The summed E-state index contributed by atoms with van der Waals surface area (Å²) in [6.45, 7) is 2.66. The Hall–Kier alpha value is -0.860. The predicted molar refractivity (Wildman–Crippen MR) is 76.3 cm³/mol. The predicted octanol–water partition coefficient (Wildman–Crippen LogP) is 1.14. The standard InChI is InChI=1S/C13H16ClNO5S/c14-12-7-11(1-2-13(12)20-9-10-8-19-10)21(16,17)15-3-5-18-6-4-15/h1-2,7,10H,3-6,8-9H2/t10-/m0/s1. The summed E-state index contributed by atoms with van der Waals surface area (Å²) in [5, 5.41) is 0.282. The third-order valence-electron chi connectivity index (χ3n) is 3.34. The number of nitrogens with zero attached hydrogens (tertiary/aromatic N) is 1. The van der Waals surface area contributed by atoms with Gasteiger partial charge in [-0.3, -0.25) is 0 Å². The first kappa shape index (κ1) is 15.1. The fourth-order valence-electron chi connectivity index (χ4n) is 2.04. The zero-order chi connectivity index (χ0) is 14.9. The summed E-state index contributed by atoms with van der Waals surface area (Å²) < 4.78 is 42.1. The summed E-state index contributed by atoms with van der Waals surface area (Å²) in [5.41, 5.74) is 0. The first-order chi connectivity index (χ1) is 10.1. The molecule has 0 aromatic heterocycles. The first-order valence-electron chi connectivity index (χ1n) is 6.69. The van der Waals surface area contributed by atoms with Crippen molar-refractivity contribution in [1.29, 1.82) is 0 Å². The van der Waals surface area contributed by atoms with Gasteiger partial charge in [0.1, 0.15) is 18.5 Å². The maximum atomic E-state index is 12.5. The number of rotatable bonds is 5. The first-order valence-corrected chi connectivity index (χ1v) is 8.51. The Morgan fingerprint density at radius 2 is 2.05 bits per heavy atom. The summed E-state index contributed by atoms with van der Waals surface area (Å²) in [7, 11) is -3.53. The van der Waals surface area contributed by atoms with Crippen LogP contribution in [0.2, 0.25) is 5.02 Å². The molecule has 6 nitrogen and oxygen atoms in total. The van der Waals surface area contributed by atoms with Crippen LogP contribution in [0.15, 0.2) is 23.1 Å². The van der Waals surface area contributed by atoms with E-state index in [-0.39, 0.29) is 16.0 Å². The van der Waals surface area contributed by atoms with E-state index >= 15 is 0 Å². The van der Waals surface area contributed by atoms with Crippen molar-refractivity contribution in [3.05, 3.63) is 23.2 Å². The van der Waals surface area contributed by atoms with Gasteiger partial charge in [0.25, 0.3) is 0 Å². The van der Waals surface area contributed by atoms with E-state index in [0.29, 0.717) is 45.3 Å². The van der Waals surface area contributed by atoms with Gasteiger partial charge in [-0.2, -0.15) is 4.31 Å². The van der Waals surface area contributed by atoms with Crippen LogP contribution in [0.4, 0.5) is 0 Å². The van der Waals surface area contributed by atoms with Crippen molar-refractivity contribution in [1.82, 2.24) is 4.31 Å². The molecule has 0 amide bonds. The molecule has 2 heterocycles. The lowest BCUT2D eigenvalue weighted by Gasteiger charge is -2.26. The van der Waals surface area contributed by atoms with Crippen LogP contribution in [-0.4, -0.2) is 58.3 Å². The number of ether oxygens (including phenoxy) is 3. The number of sulfonamides is 1. The molecule has 1 atom stereocenters. The van der Waals surface area contributed by atoms with Crippen molar-refractivity contribution >= 4 is 21.6 Å². The Morgan fingerprint density at radius 1 is 1.33 bits per heavy atom. The lowest BCUT2D eigenvalue weighted by Crippen LogP contribution is -2.40. The van der Waals surface area contributed by atoms with Gasteiger partial charge in [0.15, 0.2) is 0 Å². The fraction of sp³-hybridized carbons (Fsp3) is 0.538. The second-order valence-electron chi connectivity index (χ2n) is 4.88. The van der Waals surface area contributed by atoms with Crippen LogP contribution in [0.3, 0.4) is 0 Å². The highest BCUT2D eigenvalue weighted by atomic mass is 35.5. The molecule has 2 aliphatic heterocycles. The molecule has 1 aromatic rings. The second-order valence-corrected chi connectivity index (χ2v) is 7.22. The van der Waals surface area contributed by atoms with E-state index in [4.69, 9.17) is 25.8 Å². The average molecular weight is 334 g/mol. The molecule has 2 aliphatic rings. The Morgan fingerprint density at radius 3 is 2.67 bits per heavy atom. The van der Waals surface area contributed by atoms with Crippen molar-refractivity contribution in [3.63, 3.8) is 0 Å². The lowest BCUT2D eigenvalue weighted by atomic mass is 10.3. The van der Waals surface area contributed by atoms with E-state index in [2.05, 4.69) is 0 Å². The second kappa shape index (κ2) is 6.10. The number of epoxide rings is 1. The third-order valence-corrected chi connectivity index (χ3v) is 5.53. The largest absolute Gasteiger partial charge is 0.489 e. The summed E-state index contributed by atoms with van der Waals surface area (Å²) in [6, 6.07) is 4.52. The van der Waals surface area contributed by atoms with Crippen LogP contribution >= 0.6 is 11.6 Å². The number of morpholine rings is 1. The van der Waals surface area contributed by atoms with Crippen LogP contribution in [0.5, 0.6) is 5.75 Å². The molecule has 0 N–H and O–H groups in total. The molecular formula is C13H16ClNO5S. The summed E-state index contributed by atoms with van der Waals surface area (Å²) in [5.74, 6) is 0.466. The minimum atomic E-state index is -3.53. The highest BCUT2D eigenvalue weighted by Crippen LogP contribution is 2.29. The molecule has 2 saturated heterocycles. The van der Waals surface area contributed by atoms with E-state index in [1.807, 2.05) is 0 Å². The quantitative estimate of drug-likeness (QED) is 0.756. The van der Waals surface area contributed by atoms with Gasteiger partial charge in [0.05, 0.1) is 29.7 Å². The smallest absolute Gasteiger partial charge is 0.243 e. The van der Waals surface area contributed by atoms with Crippen LogP contribution in [0.1, 0.15) is 0 Å². The van der Waals surface area contributed by atoms with E-state index in [1.165, 1.54) is 16.4 Å².